The Kier molecular flexibility index (Phi) is 8.38. The number of nitrogens with zero attached hydrogens (tertiary/aromatic N) is 1. The Morgan fingerprint density at radius 3 is 2.12 bits per heavy atom. The van der Waals surface area contributed by atoms with Gasteiger partial charge in [0.25, 0.3) is 5.91 Å². The van der Waals surface area contributed by atoms with Crippen LogP contribution in [0.3, 0.4) is 0 Å². The van der Waals surface area contributed by atoms with E-state index in [2.05, 4.69) is 44.8 Å². The molecule has 0 atom stereocenters. The number of allylic oxidation sites excluding steroid dienone is 4. The quantitative estimate of drug-likeness (QED) is 0.347. The molecule has 0 fully saturated rings. The molecule has 3 aliphatic rings. The molecular formula is C36H43ClN2O4. The number of ether oxygens (including phenoxy) is 1. The van der Waals surface area contributed by atoms with Crippen molar-refractivity contribution in [3.63, 3.8) is 0 Å². The number of hydrogen-bond acceptors (Lipinski definition) is 5. The maximum absolute atomic E-state index is 13.9. The van der Waals surface area contributed by atoms with Crippen molar-refractivity contribution in [2.75, 3.05) is 18.5 Å². The van der Waals surface area contributed by atoms with E-state index < -0.39 is 5.92 Å². The lowest BCUT2D eigenvalue weighted by Crippen LogP contribution is -2.44. The van der Waals surface area contributed by atoms with Gasteiger partial charge in [-0.3, -0.25) is 14.4 Å². The highest BCUT2D eigenvalue weighted by Crippen LogP contribution is 2.54. The molecule has 7 heteroatoms. The van der Waals surface area contributed by atoms with Gasteiger partial charge >= 0.3 is 0 Å². The Balaban J connectivity index is 1.49. The molecule has 2 aromatic rings. The highest BCUT2D eigenvalue weighted by Gasteiger charge is 2.48. The minimum absolute atomic E-state index is 0.0982. The van der Waals surface area contributed by atoms with Gasteiger partial charge in [-0.15, -0.1) is 0 Å². The van der Waals surface area contributed by atoms with Crippen molar-refractivity contribution in [2.45, 2.75) is 86.5 Å². The van der Waals surface area contributed by atoms with E-state index in [1.807, 2.05) is 38.1 Å². The van der Waals surface area contributed by atoms with Crippen molar-refractivity contribution in [1.29, 1.82) is 0 Å². The molecule has 0 spiro atoms. The minimum atomic E-state index is -0.468. The summed E-state index contributed by atoms with van der Waals surface area (Å²) in [5, 5.41) is 3.24. The largest absolute Gasteiger partial charge is 0.482 e. The van der Waals surface area contributed by atoms with Gasteiger partial charge in [0.2, 0.25) is 0 Å². The second-order valence-corrected chi connectivity index (χ2v) is 14.4. The summed E-state index contributed by atoms with van der Waals surface area (Å²) in [6.45, 7) is 15.3. The van der Waals surface area contributed by atoms with Gasteiger partial charge in [-0.1, -0.05) is 64.4 Å². The standard InChI is InChI=1S/C36H43ClN2O4/c1-8-14-39-26-16-35(4,5)18-28(40)33(26)32(34-27(39)17-36(6,7)19-29(34)41)23-12-13-30(24(37)15-23)43-20-31(42)38-25-11-9-10-21(2)22(25)3/h9-13,15,32H,8,14,16-20H2,1-7H3,(H,38,42). The van der Waals surface area contributed by atoms with Gasteiger partial charge in [0.05, 0.1) is 5.02 Å². The predicted octanol–water partition coefficient (Wildman–Crippen LogP) is 8.07. The van der Waals surface area contributed by atoms with Crippen molar-refractivity contribution in [3.8, 4) is 5.75 Å². The molecular weight excluding hydrogens is 560 g/mol. The summed E-state index contributed by atoms with van der Waals surface area (Å²) < 4.78 is 5.83. The number of hydrogen-bond donors (Lipinski definition) is 1. The number of rotatable bonds is 7. The highest BCUT2D eigenvalue weighted by molar-refractivity contribution is 6.32. The van der Waals surface area contributed by atoms with E-state index in [1.54, 1.807) is 12.1 Å². The summed E-state index contributed by atoms with van der Waals surface area (Å²) in [6.07, 6.45) is 3.35. The van der Waals surface area contributed by atoms with Crippen LogP contribution in [0.2, 0.25) is 5.02 Å². The van der Waals surface area contributed by atoms with E-state index in [-0.39, 0.29) is 34.9 Å². The van der Waals surface area contributed by atoms with Gasteiger partial charge in [0, 0.05) is 53.5 Å². The molecule has 1 aliphatic heterocycles. The predicted molar refractivity (Wildman–Crippen MR) is 171 cm³/mol. The topological polar surface area (TPSA) is 75.7 Å². The van der Waals surface area contributed by atoms with E-state index in [0.29, 0.717) is 23.6 Å². The smallest absolute Gasteiger partial charge is 0.262 e. The number of aryl methyl sites for hydroxylation is 1. The van der Waals surface area contributed by atoms with E-state index >= 15 is 0 Å². The molecule has 1 amide bonds. The lowest BCUT2D eigenvalue weighted by atomic mass is 9.63. The lowest BCUT2D eigenvalue weighted by Gasteiger charge is -2.49. The van der Waals surface area contributed by atoms with Gasteiger partial charge in [-0.2, -0.15) is 0 Å². The zero-order chi connectivity index (χ0) is 31.3. The van der Waals surface area contributed by atoms with Crippen molar-refractivity contribution in [2.24, 2.45) is 10.8 Å². The molecule has 2 aromatic carbocycles. The highest BCUT2D eigenvalue weighted by atomic mass is 35.5. The molecule has 228 valence electrons. The molecule has 0 unspecified atom stereocenters. The number of benzene rings is 2. The molecule has 2 aliphatic carbocycles. The second-order valence-electron chi connectivity index (χ2n) is 14.0. The first-order chi connectivity index (χ1) is 20.2. The third-order valence-electron chi connectivity index (χ3n) is 9.00. The molecule has 1 N–H and O–H groups in total. The molecule has 0 radical (unpaired) electrons. The maximum atomic E-state index is 13.9. The van der Waals surface area contributed by atoms with Crippen LogP contribution in [0.5, 0.6) is 5.75 Å². The monoisotopic (exact) mass is 602 g/mol. The zero-order valence-electron chi connectivity index (χ0n) is 26.4. The summed E-state index contributed by atoms with van der Waals surface area (Å²) in [4.78, 5) is 42.8. The average molecular weight is 603 g/mol. The number of halogens is 1. The number of ketones is 2. The number of carbonyl (C=O) groups is 3. The molecule has 1 heterocycles. The van der Waals surface area contributed by atoms with Gasteiger partial charge < -0.3 is 15.0 Å². The summed E-state index contributed by atoms with van der Waals surface area (Å²) >= 11 is 6.76. The fourth-order valence-corrected chi connectivity index (χ4v) is 7.15. The van der Waals surface area contributed by atoms with Crippen LogP contribution in [-0.2, 0) is 14.4 Å². The zero-order valence-corrected chi connectivity index (χ0v) is 27.2. The first-order valence-electron chi connectivity index (χ1n) is 15.3. The third kappa shape index (κ3) is 6.17. The number of nitrogens with one attached hydrogen (secondary N) is 1. The fourth-order valence-electron chi connectivity index (χ4n) is 6.90. The van der Waals surface area contributed by atoms with Gasteiger partial charge in [0.15, 0.2) is 18.2 Å². The van der Waals surface area contributed by atoms with Crippen LogP contribution in [-0.4, -0.2) is 35.5 Å². The van der Waals surface area contributed by atoms with Crippen LogP contribution in [0.15, 0.2) is 58.9 Å². The fraction of sp³-hybridized carbons (Fsp3) is 0.472. The molecule has 43 heavy (non-hydrogen) atoms. The summed E-state index contributed by atoms with van der Waals surface area (Å²) in [5.74, 6) is -0.181. The van der Waals surface area contributed by atoms with Crippen molar-refractivity contribution in [3.05, 3.63) is 80.7 Å². The van der Waals surface area contributed by atoms with Crippen LogP contribution in [0.25, 0.3) is 0 Å². The molecule has 0 aromatic heterocycles. The Labute approximate surface area is 260 Å². The number of amides is 1. The Morgan fingerprint density at radius 2 is 1.56 bits per heavy atom. The number of carbonyl (C=O) groups excluding carboxylic acids is 3. The Bertz CT molecular complexity index is 1510. The van der Waals surface area contributed by atoms with Crippen LogP contribution in [0, 0.1) is 24.7 Å². The lowest BCUT2D eigenvalue weighted by molar-refractivity contribution is -0.120. The summed E-state index contributed by atoms with van der Waals surface area (Å²) in [7, 11) is 0. The molecule has 0 saturated heterocycles. The van der Waals surface area contributed by atoms with Gasteiger partial charge in [0.1, 0.15) is 5.75 Å². The number of anilines is 1. The Hall–Kier alpha value is -3.38. The summed E-state index contributed by atoms with van der Waals surface area (Å²) in [6, 6.07) is 11.2. The van der Waals surface area contributed by atoms with E-state index in [9.17, 15) is 14.4 Å². The van der Waals surface area contributed by atoms with Crippen molar-refractivity contribution >= 4 is 34.8 Å². The molecule has 6 nitrogen and oxygen atoms in total. The van der Waals surface area contributed by atoms with E-state index in [1.165, 1.54) is 0 Å². The third-order valence-corrected chi connectivity index (χ3v) is 9.29. The van der Waals surface area contributed by atoms with Gasteiger partial charge in [-0.05, 0) is 78.8 Å². The first-order valence-corrected chi connectivity index (χ1v) is 15.7. The summed E-state index contributed by atoms with van der Waals surface area (Å²) in [5.41, 5.74) is 6.90. The molecule has 5 rings (SSSR count). The second kappa shape index (κ2) is 11.6. The molecule has 0 bridgehead atoms. The van der Waals surface area contributed by atoms with Crippen LogP contribution in [0.4, 0.5) is 5.69 Å². The van der Waals surface area contributed by atoms with Crippen molar-refractivity contribution in [1.82, 2.24) is 4.90 Å². The van der Waals surface area contributed by atoms with E-state index in [4.69, 9.17) is 16.3 Å². The first kappa shape index (κ1) is 31.1. The average Bonchev–Trinajstić information content (AvgIpc) is 2.90. The Morgan fingerprint density at radius 1 is 0.953 bits per heavy atom. The van der Waals surface area contributed by atoms with Crippen molar-refractivity contribution < 1.29 is 19.1 Å². The van der Waals surface area contributed by atoms with E-state index in [0.717, 1.165) is 70.7 Å². The SMILES string of the molecule is CCCN1C2=C(C(=O)CC(C)(C)C2)C(c2ccc(OCC(=O)Nc3cccc(C)c3C)c(Cl)c2)C2=C1CC(C)(C)CC2=O. The van der Waals surface area contributed by atoms with Gasteiger partial charge in [-0.25, -0.2) is 0 Å². The number of Topliss-reactive ketones (excluding diaryl/α,β-unsaturated/α-hetero) is 2. The van der Waals surface area contributed by atoms with Crippen LogP contribution >= 0.6 is 11.6 Å². The van der Waals surface area contributed by atoms with Crippen LogP contribution in [0.1, 0.15) is 89.3 Å². The normalized spacial score (nSPS) is 19.8. The maximum Gasteiger partial charge on any atom is 0.262 e. The minimum Gasteiger partial charge on any atom is -0.482 e. The van der Waals surface area contributed by atoms with Crippen LogP contribution < -0.4 is 10.1 Å². The molecule has 0 saturated carbocycles.